The van der Waals surface area contributed by atoms with E-state index in [1.807, 2.05) is 0 Å². The molecule has 0 amide bonds. The monoisotopic (exact) mass is 238 g/mol. The fraction of sp³-hybridized carbons (Fsp3) is 1.00. The van der Waals surface area contributed by atoms with Crippen LogP contribution >= 0.6 is 0 Å². The van der Waals surface area contributed by atoms with E-state index in [0.29, 0.717) is 23.0 Å². The third-order valence-electron chi connectivity index (χ3n) is 5.14. The van der Waals surface area contributed by atoms with Crippen LogP contribution in [-0.4, -0.2) is 35.6 Å². The Balaban J connectivity index is 2.09. The summed E-state index contributed by atoms with van der Waals surface area (Å²) in [4.78, 5) is 2.75. The molecular weight excluding hydrogens is 208 g/mol. The minimum Gasteiger partial charge on any atom is -0.308 e. The summed E-state index contributed by atoms with van der Waals surface area (Å²) >= 11 is 0. The predicted octanol–water partition coefficient (Wildman–Crippen LogP) is 3.03. The van der Waals surface area contributed by atoms with Crippen LogP contribution in [0.15, 0.2) is 0 Å². The lowest BCUT2D eigenvalue weighted by atomic mass is 9.83. The molecule has 1 aliphatic carbocycles. The maximum absolute atomic E-state index is 3.84. The maximum Gasteiger partial charge on any atom is 0.0309 e. The zero-order valence-corrected chi connectivity index (χ0v) is 12.3. The van der Waals surface area contributed by atoms with Crippen LogP contribution in [0.25, 0.3) is 0 Å². The molecular formula is C15H30N2. The van der Waals surface area contributed by atoms with Crippen LogP contribution in [0.2, 0.25) is 0 Å². The normalized spacial score (nSPS) is 31.9. The van der Waals surface area contributed by atoms with Gasteiger partial charge in [0.2, 0.25) is 0 Å². The summed E-state index contributed by atoms with van der Waals surface area (Å²) in [5.74, 6) is 0. The Morgan fingerprint density at radius 2 is 1.82 bits per heavy atom. The first-order valence-corrected chi connectivity index (χ1v) is 7.35. The van der Waals surface area contributed by atoms with Crippen molar-refractivity contribution in [2.45, 2.75) is 77.9 Å². The Morgan fingerprint density at radius 3 is 2.35 bits per heavy atom. The molecule has 0 aromatic rings. The molecule has 2 atom stereocenters. The number of nitrogens with one attached hydrogen (secondary N) is 1. The summed E-state index contributed by atoms with van der Waals surface area (Å²) < 4.78 is 0. The maximum atomic E-state index is 3.84. The average molecular weight is 238 g/mol. The fourth-order valence-corrected chi connectivity index (χ4v) is 3.45. The van der Waals surface area contributed by atoms with E-state index in [0.717, 1.165) is 0 Å². The molecule has 100 valence electrons. The molecule has 2 heteroatoms. The summed E-state index contributed by atoms with van der Waals surface area (Å²) in [5.41, 5.74) is 0.831. The van der Waals surface area contributed by atoms with Crippen LogP contribution in [0, 0.1) is 5.41 Å². The molecule has 0 bridgehead atoms. The lowest BCUT2D eigenvalue weighted by molar-refractivity contribution is 0.0145. The van der Waals surface area contributed by atoms with Crippen molar-refractivity contribution in [1.82, 2.24) is 10.2 Å². The summed E-state index contributed by atoms with van der Waals surface area (Å²) in [6.07, 6.45) is 5.60. The number of nitrogens with zero attached hydrogens (tertiary/aromatic N) is 1. The Morgan fingerprint density at radius 1 is 1.24 bits per heavy atom. The first kappa shape index (κ1) is 13.4. The summed E-state index contributed by atoms with van der Waals surface area (Å²) in [6, 6.07) is 1.34. The minimum atomic E-state index is 0.380. The molecule has 2 fully saturated rings. The Labute approximate surface area is 107 Å². The summed E-state index contributed by atoms with van der Waals surface area (Å²) in [5, 5.41) is 3.84. The topological polar surface area (TPSA) is 15.3 Å². The molecule has 1 aliphatic heterocycles. The van der Waals surface area contributed by atoms with Crippen molar-refractivity contribution in [3.05, 3.63) is 0 Å². The third kappa shape index (κ3) is 2.68. The van der Waals surface area contributed by atoms with Crippen molar-refractivity contribution in [2.24, 2.45) is 5.41 Å². The van der Waals surface area contributed by atoms with E-state index in [-0.39, 0.29) is 0 Å². The largest absolute Gasteiger partial charge is 0.308 e. The quantitative estimate of drug-likeness (QED) is 0.755. The molecule has 1 spiro atoms. The van der Waals surface area contributed by atoms with Crippen molar-refractivity contribution < 1.29 is 0 Å². The number of hydrogen-bond acceptors (Lipinski definition) is 2. The van der Waals surface area contributed by atoms with Gasteiger partial charge in [0.15, 0.2) is 0 Å². The van der Waals surface area contributed by atoms with Gasteiger partial charge in [0.05, 0.1) is 0 Å². The number of piperazine rings is 1. The Kier molecular flexibility index (Phi) is 3.57. The SMILES string of the molecule is CC1CNC2(CCCC2)CN1C(C)C(C)(C)C. The third-order valence-corrected chi connectivity index (χ3v) is 5.14. The first-order valence-electron chi connectivity index (χ1n) is 7.35. The van der Waals surface area contributed by atoms with E-state index >= 15 is 0 Å². The van der Waals surface area contributed by atoms with Crippen molar-refractivity contribution in [3.8, 4) is 0 Å². The fourth-order valence-electron chi connectivity index (χ4n) is 3.45. The zero-order chi connectivity index (χ0) is 12.7. The summed E-state index contributed by atoms with van der Waals surface area (Å²) in [7, 11) is 0. The van der Waals surface area contributed by atoms with Gasteiger partial charge < -0.3 is 5.32 Å². The second-order valence-corrected chi connectivity index (χ2v) is 7.43. The molecule has 0 aromatic heterocycles. The van der Waals surface area contributed by atoms with Gasteiger partial charge in [0.25, 0.3) is 0 Å². The molecule has 2 unspecified atom stereocenters. The van der Waals surface area contributed by atoms with Crippen LogP contribution in [0.4, 0.5) is 0 Å². The van der Waals surface area contributed by atoms with E-state index in [4.69, 9.17) is 0 Å². The highest BCUT2D eigenvalue weighted by Gasteiger charge is 2.42. The molecule has 2 rings (SSSR count). The molecule has 0 radical (unpaired) electrons. The van der Waals surface area contributed by atoms with Crippen molar-refractivity contribution in [3.63, 3.8) is 0 Å². The van der Waals surface area contributed by atoms with Crippen LogP contribution in [0.3, 0.4) is 0 Å². The molecule has 2 nitrogen and oxygen atoms in total. The van der Waals surface area contributed by atoms with Gasteiger partial charge in [-0.05, 0) is 32.1 Å². The van der Waals surface area contributed by atoms with Gasteiger partial charge in [-0.15, -0.1) is 0 Å². The van der Waals surface area contributed by atoms with E-state index in [2.05, 4.69) is 44.8 Å². The van der Waals surface area contributed by atoms with Gasteiger partial charge >= 0.3 is 0 Å². The minimum absolute atomic E-state index is 0.380. The molecule has 1 N–H and O–H groups in total. The number of hydrogen-bond donors (Lipinski definition) is 1. The van der Waals surface area contributed by atoms with Crippen LogP contribution < -0.4 is 5.32 Å². The lowest BCUT2D eigenvalue weighted by Gasteiger charge is -2.50. The van der Waals surface area contributed by atoms with Gasteiger partial charge in [-0.25, -0.2) is 0 Å². The standard InChI is InChI=1S/C15H30N2/c1-12-10-16-15(8-6-7-9-15)11-17(12)13(2)14(3,4)5/h12-13,16H,6-11H2,1-5H3. The van der Waals surface area contributed by atoms with Gasteiger partial charge in [-0.1, -0.05) is 33.6 Å². The predicted molar refractivity (Wildman–Crippen MR) is 74.3 cm³/mol. The van der Waals surface area contributed by atoms with E-state index in [1.165, 1.54) is 38.8 Å². The second kappa shape index (κ2) is 4.55. The second-order valence-electron chi connectivity index (χ2n) is 7.43. The van der Waals surface area contributed by atoms with Gasteiger partial charge in [-0.3, -0.25) is 4.90 Å². The average Bonchev–Trinajstić information content (AvgIpc) is 2.68. The molecule has 17 heavy (non-hydrogen) atoms. The highest BCUT2D eigenvalue weighted by atomic mass is 15.3. The smallest absolute Gasteiger partial charge is 0.0309 e. The lowest BCUT2D eigenvalue weighted by Crippen LogP contribution is -2.65. The Hall–Kier alpha value is -0.0800. The van der Waals surface area contributed by atoms with Crippen molar-refractivity contribution in [2.75, 3.05) is 13.1 Å². The Bertz CT molecular complexity index is 261. The molecule has 2 aliphatic rings. The van der Waals surface area contributed by atoms with Crippen molar-refractivity contribution in [1.29, 1.82) is 0 Å². The highest BCUT2D eigenvalue weighted by Crippen LogP contribution is 2.36. The molecule has 1 heterocycles. The van der Waals surface area contributed by atoms with E-state index in [1.54, 1.807) is 0 Å². The summed E-state index contributed by atoms with van der Waals surface area (Å²) in [6.45, 7) is 14.3. The van der Waals surface area contributed by atoms with Crippen LogP contribution in [-0.2, 0) is 0 Å². The van der Waals surface area contributed by atoms with Crippen molar-refractivity contribution >= 4 is 0 Å². The van der Waals surface area contributed by atoms with Gasteiger partial charge in [0.1, 0.15) is 0 Å². The molecule has 1 saturated heterocycles. The van der Waals surface area contributed by atoms with Gasteiger partial charge in [-0.2, -0.15) is 0 Å². The van der Waals surface area contributed by atoms with Crippen LogP contribution in [0.5, 0.6) is 0 Å². The van der Waals surface area contributed by atoms with Gasteiger partial charge in [0, 0.05) is 30.7 Å². The zero-order valence-electron chi connectivity index (χ0n) is 12.3. The number of rotatable bonds is 1. The van der Waals surface area contributed by atoms with Crippen LogP contribution in [0.1, 0.15) is 60.3 Å². The highest BCUT2D eigenvalue weighted by molar-refractivity contribution is 5.02. The van der Waals surface area contributed by atoms with E-state index in [9.17, 15) is 0 Å². The first-order chi connectivity index (χ1) is 7.84. The molecule has 0 aromatic carbocycles. The molecule has 1 saturated carbocycles. The van der Waals surface area contributed by atoms with E-state index < -0.39 is 0 Å².